The Hall–Kier alpha value is -3.30. The van der Waals surface area contributed by atoms with Crippen molar-refractivity contribution < 1.29 is 47.7 Å². The van der Waals surface area contributed by atoms with Crippen LogP contribution in [0.15, 0.2) is 24.3 Å². The predicted molar refractivity (Wildman–Crippen MR) is 118 cm³/mol. The van der Waals surface area contributed by atoms with Gasteiger partial charge in [-0.25, -0.2) is 0 Å². The summed E-state index contributed by atoms with van der Waals surface area (Å²) in [5, 5.41) is 0. The topological polar surface area (TPSA) is 139 Å². The van der Waals surface area contributed by atoms with E-state index in [2.05, 4.69) is 6.58 Å². The second kappa shape index (κ2) is 9.05. The lowest BCUT2D eigenvalue weighted by Crippen LogP contribution is -2.60. The Labute approximate surface area is 203 Å². The first-order chi connectivity index (χ1) is 16.3. The van der Waals surface area contributed by atoms with Gasteiger partial charge in [0.25, 0.3) is 0 Å². The zero-order valence-electron chi connectivity index (χ0n) is 20.5. The van der Waals surface area contributed by atoms with Crippen LogP contribution in [0.5, 0.6) is 0 Å². The molecular weight excluding hydrogens is 460 g/mol. The van der Waals surface area contributed by atoms with Gasteiger partial charge in [-0.1, -0.05) is 6.58 Å². The van der Waals surface area contributed by atoms with E-state index in [1.165, 1.54) is 19.9 Å². The molecule has 0 aromatic carbocycles. The smallest absolute Gasteiger partial charge is 0.316 e. The van der Waals surface area contributed by atoms with Crippen molar-refractivity contribution >= 4 is 35.4 Å². The molecule has 2 bridgehead atoms. The van der Waals surface area contributed by atoms with E-state index in [0.717, 1.165) is 27.2 Å². The molecule has 10 heteroatoms. The number of carbonyl (C=O) groups excluding carboxylic acids is 6. The normalized spacial score (nSPS) is 34.7. The van der Waals surface area contributed by atoms with E-state index in [1.54, 1.807) is 0 Å². The van der Waals surface area contributed by atoms with Gasteiger partial charge < -0.3 is 18.9 Å². The summed E-state index contributed by atoms with van der Waals surface area (Å²) in [7, 11) is 2.23. The molecule has 35 heavy (non-hydrogen) atoms. The minimum Gasteiger partial charge on any atom is -0.469 e. The summed E-state index contributed by atoms with van der Waals surface area (Å²) in [6, 6.07) is 0. The first-order valence-corrected chi connectivity index (χ1v) is 11.3. The molecule has 6 atom stereocenters. The molecule has 0 amide bonds. The minimum atomic E-state index is -1.86. The Morgan fingerprint density at radius 2 is 1.74 bits per heavy atom. The number of ether oxygens (including phenoxy) is 4. The minimum absolute atomic E-state index is 0.0289. The number of hydrogen-bond acceptors (Lipinski definition) is 10. The molecule has 0 aliphatic heterocycles. The molecule has 6 unspecified atom stereocenters. The lowest BCUT2D eigenvalue weighted by atomic mass is 9.53. The zero-order valence-corrected chi connectivity index (χ0v) is 20.5. The standard InChI is InChI=1S/C25H30O10/c1-13-11-24(12-25(13,35-15(3)27)10-9-17(24)29)20(21(30)32-5)19-16(28)7-8-18(34-14(2)26)23(19,4)22(31)33-6/h7-8,18-20H,1,9-12H2,2-6H3. The summed E-state index contributed by atoms with van der Waals surface area (Å²) in [5.41, 5.74) is -4.12. The summed E-state index contributed by atoms with van der Waals surface area (Å²) in [5.74, 6) is -6.97. The summed E-state index contributed by atoms with van der Waals surface area (Å²) in [6.07, 6.45) is 1.19. The maximum atomic E-state index is 13.5. The average molecular weight is 491 g/mol. The Morgan fingerprint density at radius 1 is 1.09 bits per heavy atom. The second-order valence-electron chi connectivity index (χ2n) is 9.67. The van der Waals surface area contributed by atoms with Gasteiger partial charge in [-0.15, -0.1) is 0 Å². The number of methoxy groups -OCH3 is 2. The van der Waals surface area contributed by atoms with Crippen LogP contribution < -0.4 is 0 Å². The highest BCUT2D eigenvalue weighted by molar-refractivity contribution is 6.03. The average Bonchev–Trinajstić information content (AvgIpc) is 3.02. The van der Waals surface area contributed by atoms with Crippen molar-refractivity contribution in [2.24, 2.45) is 22.7 Å². The molecule has 3 rings (SSSR count). The molecule has 3 aliphatic rings. The first kappa shape index (κ1) is 26.3. The van der Waals surface area contributed by atoms with Gasteiger partial charge in [0, 0.05) is 26.7 Å². The Balaban J connectivity index is 2.25. The molecule has 0 aromatic heterocycles. The van der Waals surface area contributed by atoms with Crippen LogP contribution in [0.25, 0.3) is 0 Å². The summed E-state index contributed by atoms with van der Waals surface area (Å²) < 4.78 is 21.0. The number of fused-ring (bicyclic) bond motifs is 2. The number of carbonyl (C=O) groups is 6. The maximum absolute atomic E-state index is 13.5. The number of allylic oxidation sites excluding steroid dienone is 1. The van der Waals surface area contributed by atoms with Crippen LogP contribution in [-0.4, -0.2) is 61.4 Å². The van der Waals surface area contributed by atoms with E-state index in [4.69, 9.17) is 18.9 Å². The summed E-state index contributed by atoms with van der Waals surface area (Å²) >= 11 is 0. The van der Waals surface area contributed by atoms with E-state index in [-0.39, 0.29) is 31.5 Å². The predicted octanol–water partition coefficient (Wildman–Crippen LogP) is 1.64. The third-order valence-corrected chi connectivity index (χ3v) is 7.71. The van der Waals surface area contributed by atoms with Crippen molar-refractivity contribution in [3.8, 4) is 0 Å². The molecule has 10 nitrogen and oxygen atoms in total. The van der Waals surface area contributed by atoms with Crippen molar-refractivity contribution in [2.75, 3.05) is 14.2 Å². The molecule has 190 valence electrons. The Bertz CT molecular complexity index is 1040. The molecule has 0 heterocycles. The van der Waals surface area contributed by atoms with Gasteiger partial charge in [-0.05, 0) is 37.5 Å². The summed E-state index contributed by atoms with van der Waals surface area (Å²) in [4.78, 5) is 77.3. The molecule has 0 spiro atoms. The van der Waals surface area contributed by atoms with Crippen LogP contribution in [0.1, 0.15) is 46.5 Å². The molecular formula is C25H30O10. The van der Waals surface area contributed by atoms with Gasteiger partial charge in [0.05, 0.1) is 31.5 Å². The highest BCUT2D eigenvalue weighted by atomic mass is 16.6. The van der Waals surface area contributed by atoms with E-state index in [0.29, 0.717) is 5.57 Å². The SMILES string of the molecule is C=C1CC2(C(C(=O)OC)C3C(=O)C=CC(OC(C)=O)C3(C)C(=O)OC)CC1(OC(C)=O)CCC2=O. The van der Waals surface area contributed by atoms with Crippen LogP contribution in [0.2, 0.25) is 0 Å². The zero-order chi connectivity index (χ0) is 26.3. The van der Waals surface area contributed by atoms with Crippen LogP contribution in [0.3, 0.4) is 0 Å². The molecule has 0 saturated heterocycles. The molecule has 0 aromatic rings. The molecule has 2 fully saturated rings. The number of ketones is 2. The number of hydrogen-bond donors (Lipinski definition) is 0. The van der Waals surface area contributed by atoms with Crippen LogP contribution in [-0.2, 0) is 47.7 Å². The van der Waals surface area contributed by atoms with E-state index in [1.807, 2.05) is 0 Å². The summed E-state index contributed by atoms with van der Waals surface area (Å²) in [6.45, 7) is 7.78. The van der Waals surface area contributed by atoms with Gasteiger partial charge in [0.2, 0.25) is 0 Å². The first-order valence-electron chi connectivity index (χ1n) is 11.3. The third-order valence-electron chi connectivity index (χ3n) is 7.71. The fourth-order valence-electron chi connectivity index (χ4n) is 6.17. The van der Waals surface area contributed by atoms with Crippen molar-refractivity contribution in [2.45, 2.75) is 58.2 Å². The molecule has 0 N–H and O–H groups in total. The van der Waals surface area contributed by atoms with Crippen molar-refractivity contribution in [1.82, 2.24) is 0 Å². The van der Waals surface area contributed by atoms with Gasteiger partial charge in [-0.3, -0.25) is 28.8 Å². The van der Waals surface area contributed by atoms with E-state index < -0.39 is 64.0 Å². The quantitative estimate of drug-likeness (QED) is 0.307. The lowest BCUT2D eigenvalue weighted by Gasteiger charge is -2.48. The van der Waals surface area contributed by atoms with E-state index >= 15 is 0 Å². The van der Waals surface area contributed by atoms with Crippen molar-refractivity contribution in [3.05, 3.63) is 24.3 Å². The third kappa shape index (κ3) is 3.98. The van der Waals surface area contributed by atoms with Crippen LogP contribution in [0.4, 0.5) is 0 Å². The monoisotopic (exact) mass is 490 g/mol. The molecule has 3 aliphatic carbocycles. The van der Waals surface area contributed by atoms with Gasteiger partial charge >= 0.3 is 23.9 Å². The van der Waals surface area contributed by atoms with Gasteiger partial charge in [0.15, 0.2) is 5.78 Å². The fraction of sp³-hybridized carbons (Fsp3) is 0.600. The van der Waals surface area contributed by atoms with Crippen LogP contribution in [0, 0.1) is 22.7 Å². The van der Waals surface area contributed by atoms with Gasteiger partial charge in [-0.2, -0.15) is 0 Å². The van der Waals surface area contributed by atoms with E-state index in [9.17, 15) is 28.8 Å². The highest BCUT2D eigenvalue weighted by Gasteiger charge is 2.70. The Morgan fingerprint density at radius 3 is 2.29 bits per heavy atom. The fourth-order valence-corrected chi connectivity index (χ4v) is 6.17. The number of esters is 4. The number of rotatable bonds is 6. The van der Waals surface area contributed by atoms with Crippen LogP contribution >= 0.6 is 0 Å². The second-order valence-corrected chi connectivity index (χ2v) is 9.67. The Kier molecular flexibility index (Phi) is 6.80. The number of Topliss-reactive ketones (excluding diaryl/α,β-unsaturated/α-hetero) is 1. The molecule has 2 saturated carbocycles. The van der Waals surface area contributed by atoms with Gasteiger partial charge in [0.1, 0.15) is 22.9 Å². The lowest BCUT2D eigenvalue weighted by molar-refractivity contribution is -0.186. The van der Waals surface area contributed by atoms with Crippen molar-refractivity contribution in [3.63, 3.8) is 0 Å². The molecule has 0 radical (unpaired) electrons. The maximum Gasteiger partial charge on any atom is 0.316 e. The van der Waals surface area contributed by atoms with Crippen molar-refractivity contribution in [1.29, 1.82) is 0 Å². The highest BCUT2D eigenvalue weighted by Crippen LogP contribution is 2.63. The largest absolute Gasteiger partial charge is 0.469 e.